The van der Waals surface area contributed by atoms with Gasteiger partial charge in [-0.1, -0.05) is 12.1 Å². The minimum atomic E-state index is -0.277. The van der Waals surface area contributed by atoms with Crippen LogP contribution < -0.4 is 0 Å². The number of nitrogens with zero attached hydrogens (tertiary/aromatic N) is 1. The van der Waals surface area contributed by atoms with Gasteiger partial charge in [0, 0.05) is 26.3 Å². The largest absolute Gasteiger partial charge is 0.380 e. The van der Waals surface area contributed by atoms with Crippen molar-refractivity contribution in [1.29, 1.82) is 0 Å². The third-order valence-electron chi connectivity index (χ3n) is 3.08. The predicted molar refractivity (Wildman–Crippen MR) is 67.4 cm³/mol. The summed E-state index contributed by atoms with van der Waals surface area (Å²) in [5, 5.41) is 0. The maximum absolute atomic E-state index is 12.7. The SMILES string of the molecule is COC1CCN(C(=O)/C=C/c2ccc(F)cc2)C1. The summed E-state index contributed by atoms with van der Waals surface area (Å²) in [6.45, 7) is 1.37. The van der Waals surface area contributed by atoms with Crippen molar-refractivity contribution in [1.82, 2.24) is 4.90 Å². The molecule has 0 radical (unpaired) electrons. The number of likely N-dealkylation sites (tertiary alicyclic amines) is 1. The van der Waals surface area contributed by atoms with Crippen LogP contribution in [0.25, 0.3) is 6.08 Å². The van der Waals surface area contributed by atoms with E-state index in [0.29, 0.717) is 6.54 Å². The Morgan fingerprint density at radius 1 is 1.44 bits per heavy atom. The first-order valence-corrected chi connectivity index (χ1v) is 5.94. The second kappa shape index (κ2) is 5.78. The van der Waals surface area contributed by atoms with Crippen LogP contribution in [-0.4, -0.2) is 37.1 Å². The van der Waals surface area contributed by atoms with Crippen LogP contribution in [0.1, 0.15) is 12.0 Å². The number of carbonyl (C=O) groups is 1. The van der Waals surface area contributed by atoms with Crippen molar-refractivity contribution >= 4 is 12.0 Å². The molecule has 0 spiro atoms. The van der Waals surface area contributed by atoms with Crippen LogP contribution >= 0.6 is 0 Å². The Kier molecular flexibility index (Phi) is 4.10. The summed E-state index contributed by atoms with van der Waals surface area (Å²) in [4.78, 5) is 13.6. The molecule has 1 aromatic rings. The first-order valence-electron chi connectivity index (χ1n) is 5.94. The number of hydrogen-bond donors (Lipinski definition) is 0. The van der Waals surface area contributed by atoms with Gasteiger partial charge < -0.3 is 9.64 Å². The molecule has 2 rings (SSSR count). The van der Waals surface area contributed by atoms with E-state index < -0.39 is 0 Å². The Hall–Kier alpha value is -1.68. The summed E-state index contributed by atoms with van der Waals surface area (Å²) in [7, 11) is 1.66. The van der Waals surface area contributed by atoms with E-state index in [-0.39, 0.29) is 17.8 Å². The zero-order valence-electron chi connectivity index (χ0n) is 10.3. The second-order valence-corrected chi connectivity index (χ2v) is 4.32. The van der Waals surface area contributed by atoms with Gasteiger partial charge in [0.15, 0.2) is 0 Å². The van der Waals surface area contributed by atoms with Crippen LogP contribution in [0.5, 0.6) is 0 Å². The highest BCUT2D eigenvalue weighted by atomic mass is 19.1. The van der Waals surface area contributed by atoms with E-state index in [2.05, 4.69) is 0 Å². The number of benzene rings is 1. The molecule has 0 aliphatic carbocycles. The van der Waals surface area contributed by atoms with E-state index in [4.69, 9.17) is 4.74 Å². The van der Waals surface area contributed by atoms with E-state index in [1.165, 1.54) is 18.2 Å². The fourth-order valence-electron chi connectivity index (χ4n) is 1.97. The second-order valence-electron chi connectivity index (χ2n) is 4.32. The smallest absolute Gasteiger partial charge is 0.246 e. The molecule has 3 nitrogen and oxygen atoms in total. The molecule has 1 amide bonds. The Bertz CT molecular complexity index is 442. The minimum absolute atomic E-state index is 0.0288. The van der Waals surface area contributed by atoms with Crippen molar-refractivity contribution < 1.29 is 13.9 Å². The predicted octanol–water partition coefficient (Wildman–Crippen LogP) is 2.09. The molecule has 1 aliphatic heterocycles. The molecule has 1 aliphatic rings. The summed E-state index contributed by atoms with van der Waals surface area (Å²) < 4.78 is 17.9. The van der Waals surface area contributed by atoms with Gasteiger partial charge in [-0.2, -0.15) is 0 Å². The van der Waals surface area contributed by atoms with Crippen molar-refractivity contribution in [3.05, 3.63) is 41.7 Å². The van der Waals surface area contributed by atoms with Gasteiger partial charge in [-0.15, -0.1) is 0 Å². The lowest BCUT2D eigenvalue weighted by molar-refractivity contribution is -0.125. The van der Waals surface area contributed by atoms with E-state index >= 15 is 0 Å². The number of methoxy groups -OCH3 is 1. The lowest BCUT2D eigenvalue weighted by Gasteiger charge is -2.13. The summed E-state index contributed by atoms with van der Waals surface area (Å²) in [6.07, 6.45) is 4.24. The fraction of sp³-hybridized carbons (Fsp3) is 0.357. The maximum Gasteiger partial charge on any atom is 0.246 e. The molecule has 1 aromatic carbocycles. The van der Waals surface area contributed by atoms with E-state index in [1.54, 1.807) is 30.2 Å². The summed E-state index contributed by atoms with van der Waals surface area (Å²) in [5.74, 6) is -0.306. The Labute approximate surface area is 106 Å². The molecule has 0 aromatic heterocycles. The molecule has 0 saturated carbocycles. The van der Waals surface area contributed by atoms with Crippen molar-refractivity contribution in [2.45, 2.75) is 12.5 Å². The lowest BCUT2D eigenvalue weighted by Crippen LogP contribution is -2.28. The third-order valence-corrected chi connectivity index (χ3v) is 3.08. The number of carbonyl (C=O) groups excluding carboxylic acids is 1. The molecule has 0 N–H and O–H groups in total. The van der Waals surface area contributed by atoms with E-state index in [1.807, 2.05) is 0 Å². The average Bonchev–Trinajstić information content (AvgIpc) is 2.86. The number of ether oxygens (including phenoxy) is 1. The zero-order chi connectivity index (χ0) is 13.0. The molecule has 0 bridgehead atoms. The quantitative estimate of drug-likeness (QED) is 0.768. The molecule has 1 heterocycles. The average molecular weight is 249 g/mol. The molecule has 4 heteroatoms. The number of halogens is 1. The zero-order valence-corrected chi connectivity index (χ0v) is 10.3. The van der Waals surface area contributed by atoms with E-state index in [0.717, 1.165) is 18.5 Å². The highest BCUT2D eigenvalue weighted by Gasteiger charge is 2.24. The van der Waals surface area contributed by atoms with Gasteiger partial charge in [-0.05, 0) is 30.2 Å². The van der Waals surface area contributed by atoms with Gasteiger partial charge in [0.05, 0.1) is 6.10 Å². The van der Waals surface area contributed by atoms with Crippen molar-refractivity contribution in [2.75, 3.05) is 20.2 Å². The lowest BCUT2D eigenvalue weighted by atomic mass is 10.2. The highest BCUT2D eigenvalue weighted by molar-refractivity contribution is 5.91. The molecule has 18 heavy (non-hydrogen) atoms. The van der Waals surface area contributed by atoms with Gasteiger partial charge in [-0.25, -0.2) is 4.39 Å². The third kappa shape index (κ3) is 3.17. The Morgan fingerprint density at radius 3 is 2.78 bits per heavy atom. The van der Waals surface area contributed by atoms with Gasteiger partial charge in [-0.3, -0.25) is 4.79 Å². The minimum Gasteiger partial charge on any atom is -0.380 e. The Morgan fingerprint density at radius 2 is 2.17 bits per heavy atom. The van der Waals surface area contributed by atoms with Crippen LogP contribution in [0.3, 0.4) is 0 Å². The summed E-state index contributed by atoms with van der Waals surface area (Å²) in [6, 6.07) is 6.03. The first kappa shape index (κ1) is 12.8. The van der Waals surface area contributed by atoms with Gasteiger partial charge in [0.25, 0.3) is 0 Å². The van der Waals surface area contributed by atoms with Crippen molar-refractivity contribution in [3.8, 4) is 0 Å². The van der Waals surface area contributed by atoms with Crippen LogP contribution in [-0.2, 0) is 9.53 Å². The maximum atomic E-state index is 12.7. The van der Waals surface area contributed by atoms with Crippen LogP contribution in [0, 0.1) is 5.82 Å². The van der Waals surface area contributed by atoms with Gasteiger partial charge >= 0.3 is 0 Å². The van der Waals surface area contributed by atoms with Crippen LogP contribution in [0.2, 0.25) is 0 Å². The summed E-state index contributed by atoms with van der Waals surface area (Å²) >= 11 is 0. The van der Waals surface area contributed by atoms with Crippen molar-refractivity contribution in [3.63, 3.8) is 0 Å². The highest BCUT2D eigenvalue weighted by Crippen LogP contribution is 2.13. The fourth-order valence-corrected chi connectivity index (χ4v) is 1.97. The summed E-state index contributed by atoms with van der Waals surface area (Å²) in [5.41, 5.74) is 0.812. The molecule has 96 valence electrons. The standard InChI is InChI=1S/C14H16FNO2/c1-18-13-8-9-16(10-13)14(17)7-4-11-2-5-12(15)6-3-11/h2-7,13H,8-10H2,1H3/b7-4+. The molecule has 1 saturated heterocycles. The monoisotopic (exact) mass is 249 g/mol. The van der Waals surface area contributed by atoms with Gasteiger partial charge in [0.2, 0.25) is 5.91 Å². The van der Waals surface area contributed by atoms with Crippen molar-refractivity contribution in [2.24, 2.45) is 0 Å². The first-order chi connectivity index (χ1) is 8.69. The normalized spacial score (nSPS) is 19.7. The number of hydrogen-bond acceptors (Lipinski definition) is 2. The molecule has 1 unspecified atom stereocenters. The number of rotatable bonds is 3. The van der Waals surface area contributed by atoms with Crippen LogP contribution in [0.4, 0.5) is 4.39 Å². The molecular formula is C14H16FNO2. The van der Waals surface area contributed by atoms with E-state index in [9.17, 15) is 9.18 Å². The molecule has 1 fully saturated rings. The number of amides is 1. The van der Waals surface area contributed by atoms with Crippen LogP contribution in [0.15, 0.2) is 30.3 Å². The topological polar surface area (TPSA) is 29.5 Å². The molecule has 1 atom stereocenters. The molecular weight excluding hydrogens is 233 g/mol. The Balaban J connectivity index is 1.93. The van der Waals surface area contributed by atoms with Gasteiger partial charge in [0.1, 0.15) is 5.82 Å².